The summed E-state index contributed by atoms with van der Waals surface area (Å²) in [5, 5.41) is 3.44. The van der Waals surface area contributed by atoms with Gasteiger partial charge in [0.25, 0.3) is 0 Å². The van der Waals surface area contributed by atoms with Gasteiger partial charge in [-0.3, -0.25) is 4.79 Å². The minimum absolute atomic E-state index is 0.326. The predicted molar refractivity (Wildman–Crippen MR) is 79.3 cm³/mol. The summed E-state index contributed by atoms with van der Waals surface area (Å²) >= 11 is 6.29. The molecule has 0 aliphatic carbocycles. The molecule has 6 heteroatoms. The fraction of sp³-hybridized carbons (Fsp3) is 0.500. The highest BCUT2D eigenvalue weighted by atomic mass is 35.5. The third-order valence-corrected chi connectivity index (χ3v) is 3.23. The van der Waals surface area contributed by atoms with Crippen molar-refractivity contribution in [1.82, 2.24) is 5.32 Å². The normalized spacial score (nSPS) is 12.3. The molecule has 1 aromatic rings. The van der Waals surface area contributed by atoms with Gasteiger partial charge in [0.2, 0.25) is 5.91 Å². The summed E-state index contributed by atoms with van der Waals surface area (Å²) in [4.78, 5) is 11.6. The molecule has 0 heterocycles. The fourth-order valence-electron chi connectivity index (χ4n) is 1.84. The first-order valence-corrected chi connectivity index (χ1v) is 6.73. The molecule has 112 valence electrons. The first-order valence-electron chi connectivity index (χ1n) is 6.35. The number of hydrogen-bond donors (Lipinski definition) is 2. The topological polar surface area (TPSA) is 73.6 Å². The Hall–Kier alpha value is -1.46. The van der Waals surface area contributed by atoms with E-state index in [4.69, 9.17) is 26.8 Å². The number of carbonyl (C=O) groups excluding carboxylic acids is 1. The zero-order valence-electron chi connectivity index (χ0n) is 12.2. The van der Waals surface area contributed by atoms with Crippen molar-refractivity contribution in [2.24, 2.45) is 11.7 Å². The van der Waals surface area contributed by atoms with Gasteiger partial charge in [-0.2, -0.15) is 0 Å². The third-order valence-electron chi connectivity index (χ3n) is 2.84. The molecule has 0 radical (unpaired) electrons. The van der Waals surface area contributed by atoms with Crippen LogP contribution < -0.4 is 20.5 Å². The monoisotopic (exact) mass is 300 g/mol. The fourth-order valence-corrected chi connectivity index (χ4v) is 2.19. The molecule has 0 aromatic heterocycles. The SMILES string of the molecule is COc1ccc(C(NCC(C)C)C(N)=O)c(Cl)c1OC. The number of hydrogen-bond acceptors (Lipinski definition) is 4. The van der Waals surface area contributed by atoms with Gasteiger partial charge < -0.3 is 20.5 Å². The van der Waals surface area contributed by atoms with Crippen LogP contribution >= 0.6 is 11.6 Å². The van der Waals surface area contributed by atoms with Crippen LogP contribution in [0.15, 0.2) is 12.1 Å². The van der Waals surface area contributed by atoms with Crippen molar-refractivity contribution >= 4 is 17.5 Å². The van der Waals surface area contributed by atoms with Crippen LogP contribution in [0.1, 0.15) is 25.5 Å². The maximum Gasteiger partial charge on any atom is 0.239 e. The molecular weight excluding hydrogens is 280 g/mol. The van der Waals surface area contributed by atoms with Crippen LogP contribution in [0, 0.1) is 5.92 Å². The second-order valence-corrected chi connectivity index (χ2v) is 5.22. The standard InChI is InChI=1S/C14H21ClN2O3/c1-8(2)7-17-12(14(16)18)9-5-6-10(19-3)13(20-4)11(9)15/h5-6,8,12,17H,7H2,1-4H3,(H2,16,18). The van der Waals surface area contributed by atoms with Crippen LogP contribution in [0.25, 0.3) is 0 Å². The van der Waals surface area contributed by atoms with Crippen molar-refractivity contribution in [1.29, 1.82) is 0 Å². The Balaban J connectivity index is 3.17. The quantitative estimate of drug-likeness (QED) is 0.809. The van der Waals surface area contributed by atoms with E-state index in [1.165, 1.54) is 14.2 Å². The molecule has 1 rings (SSSR count). The van der Waals surface area contributed by atoms with Gasteiger partial charge in [-0.1, -0.05) is 31.5 Å². The molecule has 0 spiro atoms. The van der Waals surface area contributed by atoms with Crippen LogP contribution in [0.3, 0.4) is 0 Å². The van der Waals surface area contributed by atoms with Crippen molar-refractivity contribution in [3.8, 4) is 11.5 Å². The summed E-state index contributed by atoms with van der Waals surface area (Å²) in [6.45, 7) is 4.74. The Kier molecular flexibility index (Phi) is 6.10. The van der Waals surface area contributed by atoms with E-state index in [0.717, 1.165) is 0 Å². The second kappa shape index (κ2) is 7.36. The van der Waals surface area contributed by atoms with Crippen molar-refractivity contribution < 1.29 is 14.3 Å². The summed E-state index contributed by atoms with van der Waals surface area (Å²) in [6, 6.07) is 2.75. The summed E-state index contributed by atoms with van der Waals surface area (Å²) in [5.41, 5.74) is 6.03. The van der Waals surface area contributed by atoms with E-state index in [9.17, 15) is 4.79 Å². The van der Waals surface area contributed by atoms with Gasteiger partial charge in [0.15, 0.2) is 11.5 Å². The van der Waals surface area contributed by atoms with Crippen molar-refractivity contribution in [2.45, 2.75) is 19.9 Å². The van der Waals surface area contributed by atoms with Gasteiger partial charge >= 0.3 is 0 Å². The van der Waals surface area contributed by atoms with Crippen LogP contribution in [0.4, 0.5) is 0 Å². The first kappa shape index (κ1) is 16.6. The zero-order valence-corrected chi connectivity index (χ0v) is 13.0. The van der Waals surface area contributed by atoms with E-state index in [2.05, 4.69) is 5.32 Å². The minimum atomic E-state index is -0.662. The Morgan fingerprint density at radius 2 is 2.00 bits per heavy atom. The molecule has 1 unspecified atom stereocenters. The van der Waals surface area contributed by atoms with E-state index >= 15 is 0 Å². The molecule has 0 fully saturated rings. The predicted octanol–water partition coefficient (Wildman–Crippen LogP) is 2.13. The van der Waals surface area contributed by atoms with Crippen LogP contribution in [0.5, 0.6) is 11.5 Å². The number of benzene rings is 1. The molecule has 5 nitrogen and oxygen atoms in total. The molecule has 1 amide bonds. The number of primary amides is 1. The first-order chi connectivity index (χ1) is 9.42. The molecule has 1 aromatic carbocycles. The van der Waals surface area contributed by atoms with Gasteiger partial charge in [0.1, 0.15) is 6.04 Å². The smallest absolute Gasteiger partial charge is 0.239 e. The molecule has 20 heavy (non-hydrogen) atoms. The maximum absolute atomic E-state index is 11.6. The summed E-state index contributed by atoms with van der Waals surface area (Å²) in [5.74, 6) is 0.799. The molecule has 0 aliphatic heterocycles. The lowest BCUT2D eigenvalue weighted by molar-refractivity contribution is -0.120. The Morgan fingerprint density at radius 1 is 1.35 bits per heavy atom. The summed E-state index contributed by atoms with van der Waals surface area (Å²) in [7, 11) is 3.02. The van der Waals surface area contributed by atoms with Crippen molar-refractivity contribution in [3.63, 3.8) is 0 Å². The van der Waals surface area contributed by atoms with Crippen LogP contribution in [-0.4, -0.2) is 26.7 Å². The number of nitrogens with two attached hydrogens (primary N) is 1. The average molecular weight is 301 g/mol. The van der Waals surface area contributed by atoms with Crippen LogP contribution in [-0.2, 0) is 4.79 Å². The van der Waals surface area contributed by atoms with E-state index in [0.29, 0.717) is 34.5 Å². The molecule has 0 saturated carbocycles. The summed E-state index contributed by atoms with van der Waals surface area (Å²) in [6.07, 6.45) is 0. The number of methoxy groups -OCH3 is 2. The van der Waals surface area contributed by atoms with E-state index in [1.807, 2.05) is 13.8 Å². The van der Waals surface area contributed by atoms with E-state index < -0.39 is 11.9 Å². The Morgan fingerprint density at radius 3 is 2.45 bits per heavy atom. The zero-order chi connectivity index (χ0) is 15.3. The maximum atomic E-state index is 11.6. The largest absolute Gasteiger partial charge is 0.493 e. The molecule has 0 bridgehead atoms. The molecular formula is C14H21ClN2O3. The molecule has 3 N–H and O–H groups in total. The number of ether oxygens (including phenoxy) is 2. The van der Waals surface area contributed by atoms with Gasteiger partial charge in [0.05, 0.1) is 19.2 Å². The number of amides is 1. The average Bonchev–Trinajstić information content (AvgIpc) is 2.39. The minimum Gasteiger partial charge on any atom is -0.493 e. The van der Waals surface area contributed by atoms with E-state index in [-0.39, 0.29) is 0 Å². The lowest BCUT2D eigenvalue weighted by Crippen LogP contribution is -2.35. The highest BCUT2D eigenvalue weighted by molar-refractivity contribution is 6.33. The molecule has 0 saturated heterocycles. The molecule has 0 aliphatic rings. The van der Waals surface area contributed by atoms with Gasteiger partial charge in [0, 0.05) is 5.56 Å². The lowest BCUT2D eigenvalue weighted by atomic mass is 10.0. The number of carbonyl (C=O) groups is 1. The molecule has 1 atom stereocenters. The summed E-state index contributed by atoms with van der Waals surface area (Å²) < 4.78 is 10.4. The van der Waals surface area contributed by atoms with Crippen LogP contribution in [0.2, 0.25) is 5.02 Å². The Labute approximate surface area is 124 Å². The number of nitrogens with one attached hydrogen (secondary N) is 1. The Bertz CT molecular complexity index is 478. The second-order valence-electron chi connectivity index (χ2n) is 4.84. The van der Waals surface area contributed by atoms with Gasteiger partial charge in [-0.25, -0.2) is 0 Å². The highest BCUT2D eigenvalue weighted by Crippen LogP contribution is 2.39. The lowest BCUT2D eigenvalue weighted by Gasteiger charge is -2.20. The van der Waals surface area contributed by atoms with E-state index in [1.54, 1.807) is 12.1 Å². The number of rotatable bonds is 7. The van der Waals surface area contributed by atoms with Crippen molar-refractivity contribution in [2.75, 3.05) is 20.8 Å². The van der Waals surface area contributed by atoms with Gasteiger partial charge in [-0.05, 0) is 18.5 Å². The van der Waals surface area contributed by atoms with Gasteiger partial charge in [-0.15, -0.1) is 0 Å². The number of halogens is 1. The third kappa shape index (κ3) is 3.77. The van der Waals surface area contributed by atoms with Crippen molar-refractivity contribution in [3.05, 3.63) is 22.7 Å². The highest BCUT2D eigenvalue weighted by Gasteiger charge is 2.24.